The second-order valence-corrected chi connectivity index (χ2v) is 7.21. The summed E-state index contributed by atoms with van der Waals surface area (Å²) >= 11 is 0. The Morgan fingerprint density at radius 3 is 2.80 bits per heavy atom. The van der Waals surface area contributed by atoms with Crippen LogP contribution in [0.5, 0.6) is 5.75 Å². The van der Waals surface area contributed by atoms with Crippen molar-refractivity contribution in [3.63, 3.8) is 0 Å². The number of aromatic nitrogens is 2. The first-order valence-corrected chi connectivity index (χ1v) is 8.60. The van der Waals surface area contributed by atoms with E-state index < -0.39 is 0 Å². The van der Waals surface area contributed by atoms with E-state index in [1.807, 2.05) is 12.1 Å². The van der Waals surface area contributed by atoms with Crippen molar-refractivity contribution in [2.75, 3.05) is 7.11 Å². The number of rotatable bonds is 4. The SMILES string of the molecule is COc1cc2[nH]c(C3(C)CC3)c(Cc3cccc(C#N)n3)c2cc1C. The van der Waals surface area contributed by atoms with Crippen LogP contribution in [-0.2, 0) is 11.8 Å². The van der Waals surface area contributed by atoms with E-state index in [0.717, 1.165) is 28.9 Å². The van der Waals surface area contributed by atoms with Gasteiger partial charge in [-0.2, -0.15) is 5.26 Å². The van der Waals surface area contributed by atoms with Crippen LogP contribution in [0.2, 0.25) is 0 Å². The molecule has 4 nitrogen and oxygen atoms in total. The van der Waals surface area contributed by atoms with Gasteiger partial charge in [0.25, 0.3) is 0 Å². The molecule has 1 fully saturated rings. The fraction of sp³-hybridized carbons (Fsp3) is 0.333. The Balaban J connectivity index is 1.88. The van der Waals surface area contributed by atoms with Gasteiger partial charge in [0, 0.05) is 40.2 Å². The molecule has 1 N–H and O–H groups in total. The number of methoxy groups -OCH3 is 1. The third-order valence-corrected chi connectivity index (χ3v) is 5.30. The first kappa shape index (κ1) is 15.7. The highest BCUT2D eigenvalue weighted by Crippen LogP contribution is 2.50. The highest BCUT2D eigenvalue weighted by atomic mass is 16.5. The fourth-order valence-corrected chi connectivity index (χ4v) is 3.56. The molecule has 0 spiro atoms. The van der Waals surface area contributed by atoms with Crippen LogP contribution in [0.3, 0.4) is 0 Å². The normalized spacial score (nSPS) is 15.1. The number of hydrogen-bond acceptors (Lipinski definition) is 3. The van der Waals surface area contributed by atoms with Crippen molar-refractivity contribution in [1.29, 1.82) is 5.26 Å². The lowest BCUT2D eigenvalue weighted by Gasteiger charge is -2.11. The summed E-state index contributed by atoms with van der Waals surface area (Å²) in [4.78, 5) is 8.12. The topological polar surface area (TPSA) is 61.7 Å². The van der Waals surface area contributed by atoms with Crippen molar-refractivity contribution in [3.05, 3.63) is 58.5 Å². The minimum absolute atomic E-state index is 0.225. The van der Waals surface area contributed by atoms with Crippen molar-refractivity contribution in [3.8, 4) is 11.8 Å². The summed E-state index contributed by atoms with van der Waals surface area (Å²) in [6.45, 7) is 4.38. The van der Waals surface area contributed by atoms with E-state index >= 15 is 0 Å². The molecule has 0 radical (unpaired) electrons. The molecule has 1 aliphatic carbocycles. The van der Waals surface area contributed by atoms with E-state index in [9.17, 15) is 0 Å². The zero-order valence-electron chi connectivity index (χ0n) is 14.8. The summed E-state index contributed by atoms with van der Waals surface area (Å²) in [5.41, 5.74) is 6.46. The van der Waals surface area contributed by atoms with Crippen LogP contribution in [0.4, 0.5) is 0 Å². The molecule has 2 heterocycles. The molecule has 126 valence electrons. The van der Waals surface area contributed by atoms with Crippen LogP contribution in [0.1, 0.15) is 48.0 Å². The maximum Gasteiger partial charge on any atom is 0.140 e. The third kappa shape index (κ3) is 2.66. The summed E-state index contributed by atoms with van der Waals surface area (Å²) in [5.74, 6) is 0.900. The van der Waals surface area contributed by atoms with Crippen LogP contribution in [0.15, 0.2) is 30.3 Å². The highest BCUT2D eigenvalue weighted by Gasteiger charge is 2.42. The van der Waals surface area contributed by atoms with Crippen LogP contribution in [-0.4, -0.2) is 17.1 Å². The van der Waals surface area contributed by atoms with E-state index in [0.29, 0.717) is 5.69 Å². The Morgan fingerprint density at radius 1 is 1.32 bits per heavy atom. The van der Waals surface area contributed by atoms with Crippen molar-refractivity contribution in [2.24, 2.45) is 0 Å². The lowest BCUT2D eigenvalue weighted by atomic mass is 9.95. The van der Waals surface area contributed by atoms with E-state index in [2.05, 4.69) is 42.0 Å². The van der Waals surface area contributed by atoms with E-state index in [1.54, 1.807) is 13.2 Å². The number of nitriles is 1. The number of nitrogens with zero attached hydrogens (tertiary/aromatic N) is 2. The van der Waals surface area contributed by atoms with Gasteiger partial charge in [0.1, 0.15) is 17.5 Å². The standard InChI is InChI=1S/C21H21N3O/c1-13-9-16-17(10-14-5-4-6-15(12-22)23-14)20(21(2)7-8-21)24-18(16)11-19(13)25-3/h4-6,9,11,24H,7-8,10H2,1-3H3. The van der Waals surface area contributed by atoms with Crippen molar-refractivity contribution in [1.82, 2.24) is 9.97 Å². The van der Waals surface area contributed by atoms with Gasteiger partial charge in [0.05, 0.1) is 7.11 Å². The molecule has 0 saturated heterocycles. The minimum atomic E-state index is 0.225. The number of pyridine rings is 1. The molecule has 2 aromatic heterocycles. The summed E-state index contributed by atoms with van der Waals surface area (Å²) in [7, 11) is 1.71. The molecule has 25 heavy (non-hydrogen) atoms. The molecule has 0 bridgehead atoms. The van der Waals surface area contributed by atoms with Crippen molar-refractivity contribution >= 4 is 10.9 Å². The first-order chi connectivity index (χ1) is 12.0. The van der Waals surface area contributed by atoms with Gasteiger partial charge in [0.15, 0.2) is 0 Å². The molecule has 1 aromatic carbocycles. The molecule has 1 aliphatic rings. The van der Waals surface area contributed by atoms with Gasteiger partial charge in [0.2, 0.25) is 0 Å². The molecular weight excluding hydrogens is 310 g/mol. The monoisotopic (exact) mass is 331 g/mol. The molecule has 4 heteroatoms. The second-order valence-electron chi connectivity index (χ2n) is 7.21. The van der Waals surface area contributed by atoms with Crippen LogP contribution in [0.25, 0.3) is 10.9 Å². The van der Waals surface area contributed by atoms with Gasteiger partial charge in [-0.3, -0.25) is 0 Å². The largest absolute Gasteiger partial charge is 0.496 e. The predicted octanol–water partition coefficient (Wildman–Crippen LogP) is 4.39. The molecule has 0 aliphatic heterocycles. The molecule has 1 saturated carbocycles. The Kier molecular flexibility index (Phi) is 3.54. The lowest BCUT2D eigenvalue weighted by Crippen LogP contribution is -2.05. The van der Waals surface area contributed by atoms with Crippen LogP contribution >= 0.6 is 0 Å². The smallest absolute Gasteiger partial charge is 0.140 e. The highest BCUT2D eigenvalue weighted by molar-refractivity contribution is 5.88. The molecule has 4 rings (SSSR count). The van der Waals surface area contributed by atoms with Gasteiger partial charge >= 0.3 is 0 Å². The van der Waals surface area contributed by atoms with Gasteiger partial charge < -0.3 is 9.72 Å². The number of hydrogen-bond donors (Lipinski definition) is 1. The number of aryl methyl sites for hydroxylation is 1. The van der Waals surface area contributed by atoms with Gasteiger partial charge in [-0.25, -0.2) is 4.98 Å². The molecule has 3 aromatic rings. The Bertz CT molecular complexity index is 1010. The third-order valence-electron chi connectivity index (χ3n) is 5.30. The average Bonchev–Trinajstić information content (AvgIpc) is 3.27. The fourth-order valence-electron chi connectivity index (χ4n) is 3.56. The Morgan fingerprint density at radius 2 is 2.12 bits per heavy atom. The molecule has 0 unspecified atom stereocenters. The Hall–Kier alpha value is -2.80. The summed E-state index contributed by atoms with van der Waals surface area (Å²) in [5, 5.41) is 10.3. The number of ether oxygens (including phenoxy) is 1. The van der Waals surface area contributed by atoms with Crippen molar-refractivity contribution in [2.45, 2.75) is 38.5 Å². The average molecular weight is 331 g/mol. The van der Waals surface area contributed by atoms with Crippen molar-refractivity contribution < 1.29 is 4.74 Å². The summed E-state index contributed by atoms with van der Waals surface area (Å²) in [6, 6.07) is 12.1. The number of H-pyrrole nitrogens is 1. The zero-order chi connectivity index (χ0) is 17.6. The maximum atomic E-state index is 9.12. The van der Waals surface area contributed by atoms with Gasteiger partial charge in [-0.1, -0.05) is 13.0 Å². The number of nitrogens with one attached hydrogen (secondary N) is 1. The number of benzene rings is 1. The van der Waals surface area contributed by atoms with Crippen LogP contribution in [0, 0.1) is 18.3 Å². The molecule has 0 atom stereocenters. The van der Waals surface area contributed by atoms with E-state index in [-0.39, 0.29) is 5.41 Å². The first-order valence-electron chi connectivity index (χ1n) is 8.60. The summed E-state index contributed by atoms with van der Waals surface area (Å²) < 4.78 is 5.48. The van der Waals surface area contributed by atoms with Crippen LogP contribution < -0.4 is 4.74 Å². The quantitative estimate of drug-likeness (QED) is 0.771. The Labute approximate surface area is 147 Å². The second kappa shape index (κ2) is 5.63. The molecular formula is C21H21N3O. The predicted molar refractivity (Wildman–Crippen MR) is 97.9 cm³/mol. The van der Waals surface area contributed by atoms with E-state index in [1.165, 1.54) is 29.5 Å². The number of fused-ring (bicyclic) bond motifs is 1. The van der Waals surface area contributed by atoms with E-state index in [4.69, 9.17) is 10.00 Å². The zero-order valence-corrected chi connectivity index (χ0v) is 14.8. The lowest BCUT2D eigenvalue weighted by molar-refractivity contribution is 0.412. The molecule has 0 amide bonds. The maximum absolute atomic E-state index is 9.12. The van der Waals surface area contributed by atoms with Gasteiger partial charge in [-0.05, 0) is 49.1 Å². The summed E-state index contributed by atoms with van der Waals surface area (Å²) in [6.07, 6.45) is 3.13. The number of aromatic amines is 1. The van der Waals surface area contributed by atoms with Gasteiger partial charge in [-0.15, -0.1) is 0 Å². The minimum Gasteiger partial charge on any atom is -0.496 e.